The van der Waals surface area contributed by atoms with Crippen LogP contribution in [0.15, 0.2) is 30.3 Å². The molecular weight excluding hydrogens is 208 g/mol. The third-order valence-electron chi connectivity index (χ3n) is 1.93. The van der Waals surface area contributed by atoms with E-state index in [1.807, 2.05) is 18.2 Å². The number of halogens is 3. The zero-order valence-electron chi connectivity index (χ0n) is 7.91. The first-order valence-electron chi connectivity index (χ1n) is 4.13. The maximum absolute atomic E-state index is 12.4. The number of nitrogens with two attached hydrogens (primary N) is 1. The second-order valence-corrected chi connectivity index (χ2v) is 3.47. The topological polar surface area (TPSA) is 26.0 Å². The summed E-state index contributed by atoms with van der Waals surface area (Å²) in [6.07, 6.45) is -2.29. The molecule has 4 heteroatoms. The van der Waals surface area contributed by atoms with Gasteiger partial charge in [0.05, 0.1) is 5.54 Å². The van der Waals surface area contributed by atoms with Crippen molar-refractivity contribution in [3.8, 4) is 0 Å². The van der Waals surface area contributed by atoms with Gasteiger partial charge in [0, 0.05) is 0 Å². The normalized spacial score (nSPS) is 14.6. The van der Waals surface area contributed by atoms with Gasteiger partial charge in [0.15, 0.2) is 0 Å². The molecule has 0 radical (unpaired) electrons. The average Bonchev–Trinajstić information content (AvgIpc) is 2.05. The van der Waals surface area contributed by atoms with Crippen molar-refractivity contribution in [3.63, 3.8) is 0 Å². The first kappa shape index (κ1) is 13.3. The third kappa shape index (κ3) is 3.60. The molecular formula is C10H14ClF2N. The van der Waals surface area contributed by atoms with Crippen LogP contribution >= 0.6 is 12.4 Å². The van der Waals surface area contributed by atoms with Crippen LogP contribution in [-0.2, 0) is 6.42 Å². The Balaban J connectivity index is 0.00000169. The van der Waals surface area contributed by atoms with Gasteiger partial charge in [0.2, 0.25) is 0 Å². The van der Waals surface area contributed by atoms with Crippen LogP contribution in [0.4, 0.5) is 8.78 Å². The van der Waals surface area contributed by atoms with Crippen LogP contribution < -0.4 is 5.73 Å². The van der Waals surface area contributed by atoms with Crippen LogP contribution in [0.1, 0.15) is 12.5 Å². The highest BCUT2D eigenvalue weighted by Gasteiger charge is 2.30. The van der Waals surface area contributed by atoms with E-state index in [-0.39, 0.29) is 18.8 Å². The van der Waals surface area contributed by atoms with Gasteiger partial charge in [-0.25, -0.2) is 8.78 Å². The fourth-order valence-corrected chi connectivity index (χ4v) is 1.11. The molecule has 0 saturated heterocycles. The molecule has 0 heterocycles. The third-order valence-corrected chi connectivity index (χ3v) is 1.93. The Labute approximate surface area is 88.7 Å². The molecule has 0 spiro atoms. The largest absolute Gasteiger partial charge is 0.320 e. The molecule has 80 valence electrons. The Bertz CT molecular complexity index is 262. The van der Waals surface area contributed by atoms with Crippen LogP contribution in [0.2, 0.25) is 0 Å². The summed E-state index contributed by atoms with van der Waals surface area (Å²) in [5.74, 6) is 0. The SMILES string of the molecule is CC(N)(Cc1ccccc1)C(F)F.Cl. The van der Waals surface area contributed by atoms with Gasteiger partial charge in [-0.1, -0.05) is 30.3 Å². The van der Waals surface area contributed by atoms with Crippen molar-refractivity contribution in [1.29, 1.82) is 0 Å². The Morgan fingerprint density at radius 2 is 1.79 bits per heavy atom. The Hall–Kier alpha value is -0.670. The van der Waals surface area contributed by atoms with E-state index in [1.54, 1.807) is 12.1 Å². The maximum atomic E-state index is 12.4. The first-order valence-corrected chi connectivity index (χ1v) is 4.13. The van der Waals surface area contributed by atoms with Crippen LogP contribution in [0.3, 0.4) is 0 Å². The first-order chi connectivity index (χ1) is 6.02. The smallest absolute Gasteiger partial charge is 0.256 e. The molecule has 0 aliphatic heterocycles. The van der Waals surface area contributed by atoms with Crippen molar-refractivity contribution in [2.75, 3.05) is 0 Å². The molecule has 1 unspecified atom stereocenters. The average molecular weight is 222 g/mol. The summed E-state index contributed by atoms with van der Waals surface area (Å²) in [6, 6.07) is 9.08. The highest BCUT2D eigenvalue weighted by molar-refractivity contribution is 5.85. The van der Waals surface area contributed by atoms with Gasteiger partial charge in [-0.05, 0) is 18.9 Å². The van der Waals surface area contributed by atoms with Crippen LogP contribution in [0, 0.1) is 0 Å². The Morgan fingerprint density at radius 3 is 2.21 bits per heavy atom. The van der Waals surface area contributed by atoms with E-state index in [2.05, 4.69) is 0 Å². The molecule has 1 aromatic carbocycles. The van der Waals surface area contributed by atoms with Crippen molar-refractivity contribution in [2.45, 2.75) is 25.3 Å². The lowest BCUT2D eigenvalue weighted by atomic mass is 9.95. The summed E-state index contributed by atoms with van der Waals surface area (Å²) < 4.78 is 24.7. The van der Waals surface area contributed by atoms with Gasteiger partial charge < -0.3 is 5.73 Å². The lowest BCUT2D eigenvalue weighted by Gasteiger charge is -2.23. The second-order valence-electron chi connectivity index (χ2n) is 3.47. The lowest BCUT2D eigenvalue weighted by molar-refractivity contribution is 0.0639. The predicted molar refractivity (Wildman–Crippen MR) is 56.0 cm³/mol. The fraction of sp³-hybridized carbons (Fsp3) is 0.400. The minimum absolute atomic E-state index is 0. The molecule has 0 fully saturated rings. The molecule has 2 N–H and O–H groups in total. The molecule has 1 nitrogen and oxygen atoms in total. The molecule has 0 aliphatic rings. The summed E-state index contributed by atoms with van der Waals surface area (Å²) in [7, 11) is 0. The standard InChI is InChI=1S/C10H13F2N.ClH/c1-10(13,9(11)12)7-8-5-3-2-4-6-8;/h2-6,9H,7,13H2,1H3;1H. The van der Waals surface area contributed by atoms with Gasteiger partial charge >= 0.3 is 0 Å². The summed E-state index contributed by atoms with van der Waals surface area (Å²) in [4.78, 5) is 0. The number of alkyl halides is 2. The van der Waals surface area contributed by atoms with Crippen molar-refractivity contribution < 1.29 is 8.78 Å². The van der Waals surface area contributed by atoms with E-state index in [1.165, 1.54) is 6.92 Å². The quantitative estimate of drug-likeness (QED) is 0.835. The number of hydrogen-bond donors (Lipinski definition) is 1. The zero-order valence-corrected chi connectivity index (χ0v) is 8.73. The number of rotatable bonds is 3. The highest BCUT2D eigenvalue weighted by Crippen LogP contribution is 2.17. The zero-order chi connectivity index (χ0) is 9.90. The van der Waals surface area contributed by atoms with Gasteiger partial charge in [-0.15, -0.1) is 12.4 Å². The van der Waals surface area contributed by atoms with Crippen molar-refractivity contribution in [3.05, 3.63) is 35.9 Å². The highest BCUT2D eigenvalue weighted by atomic mass is 35.5. The van der Waals surface area contributed by atoms with Crippen molar-refractivity contribution >= 4 is 12.4 Å². The number of benzene rings is 1. The molecule has 0 aliphatic carbocycles. The summed E-state index contributed by atoms with van der Waals surface area (Å²) in [5, 5.41) is 0. The molecule has 0 bridgehead atoms. The monoisotopic (exact) mass is 221 g/mol. The Morgan fingerprint density at radius 1 is 1.29 bits per heavy atom. The summed E-state index contributed by atoms with van der Waals surface area (Å²) in [5.41, 5.74) is 4.85. The van der Waals surface area contributed by atoms with Gasteiger partial charge in [0.1, 0.15) is 0 Å². The predicted octanol–water partition coefficient (Wildman–Crippen LogP) is 2.63. The van der Waals surface area contributed by atoms with E-state index in [4.69, 9.17) is 5.73 Å². The minimum atomic E-state index is -2.49. The van der Waals surface area contributed by atoms with Gasteiger partial charge in [0.25, 0.3) is 6.43 Å². The van der Waals surface area contributed by atoms with Gasteiger partial charge in [-0.3, -0.25) is 0 Å². The van der Waals surface area contributed by atoms with Crippen molar-refractivity contribution in [2.24, 2.45) is 5.73 Å². The van der Waals surface area contributed by atoms with E-state index in [0.29, 0.717) is 0 Å². The molecule has 0 amide bonds. The molecule has 1 atom stereocenters. The molecule has 0 saturated carbocycles. The van der Waals surface area contributed by atoms with Gasteiger partial charge in [-0.2, -0.15) is 0 Å². The van der Waals surface area contributed by atoms with E-state index >= 15 is 0 Å². The fourth-order valence-electron chi connectivity index (χ4n) is 1.11. The maximum Gasteiger partial charge on any atom is 0.256 e. The minimum Gasteiger partial charge on any atom is -0.320 e. The molecule has 1 rings (SSSR count). The van der Waals surface area contributed by atoms with Crippen LogP contribution in [0.25, 0.3) is 0 Å². The lowest BCUT2D eigenvalue weighted by Crippen LogP contribution is -2.45. The van der Waals surface area contributed by atoms with E-state index in [0.717, 1.165) is 5.56 Å². The second kappa shape index (κ2) is 5.27. The number of hydrogen-bond acceptors (Lipinski definition) is 1. The molecule has 0 aromatic heterocycles. The Kier molecular flexibility index (Phi) is 5.02. The van der Waals surface area contributed by atoms with Crippen LogP contribution in [0.5, 0.6) is 0 Å². The summed E-state index contributed by atoms with van der Waals surface area (Å²) >= 11 is 0. The van der Waals surface area contributed by atoms with E-state index in [9.17, 15) is 8.78 Å². The van der Waals surface area contributed by atoms with Crippen molar-refractivity contribution in [1.82, 2.24) is 0 Å². The van der Waals surface area contributed by atoms with E-state index < -0.39 is 12.0 Å². The van der Waals surface area contributed by atoms with Crippen LogP contribution in [-0.4, -0.2) is 12.0 Å². The summed E-state index contributed by atoms with van der Waals surface area (Å²) in [6.45, 7) is 1.37. The molecule has 14 heavy (non-hydrogen) atoms. The molecule has 1 aromatic rings.